The molecule has 0 aliphatic rings. The second-order valence-electron chi connectivity index (χ2n) is 2.40. The average molecular weight is 185 g/mol. The van der Waals surface area contributed by atoms with Crippen LogP contribution in [-0.2, 0) is 0 Å². The quantitative estimate of drug-likeness (QED) is 0.572. The lowest BCUT2D eigenvalue weighted by atomic mass is 10.1. The predicted octanol–water partition coefficient (Wildman–Crippen LogP) is 1.43. The van der Waals surface area contributed by atoms with Gasteiger partial charge in [-0.25, -0.2) is 0 Å². The van der Waals surface area contributed by atoms with Gasteiger partial charge in [-0.1, -0.05) is 13.8 Å². The lowest BCUT2D eigenvalue weighted by molar-refractivity contribution is 0.427. The molecule has 4 heteroatoms. The summed E-state index contributed by atoms with van der Waals surface area (Å²) < 4.78 is 0. The molecule has 1 aromatic heterocycles. The van der Waals surface area contributed by atoms with Crippen LogP contribution in [0.25, 0.3) is 0 Å². The molecule has 0 bridgehead atoms. The normalized spacial score (nSPS) is 8.92. The largest absolute Gasteiger partial charge is 0.503 e. The molecule has 0 fully saturated rings. The van der Waals surface area contributed by atoms with E-state index in [1.807, 2.05) is 13.8 Å². The van der Waals surface area contributed by atoms with Crippen molar-refractivity contribution < 1.29 is 10.2 Å². The molecule has 1 rings (SSSR count). The number of H-pyrrole nitrogens is 1. The Morgan fingerprint density at radius 1 is 1.08 bits per heavy atom. The van der Waals surface area contributed by atoms with Gasteiger partial charge in [0.05, 0.1) is 0 Å². The summed E-state index contributed by atoms with van der Waals surface area (Å²) >= 11 is 0. The van der Waals surface area contributed by atoms with Gasteiger partial charge in [0.2, 0.25) is 0 Å². The van der Waals surface area contributed by atoms with Crippen LogP contribution in [0, 0.1) is 13.8 Å². The molecule has 0 radical (unpaired) electrons. The van der Waals surface area contributed by atoms with Crippen LogP contribution in [0.1, 0.15) is 25.0 Å². The Balaban J connectivity index is 0.000000671. The minimum Gasteiger partial charge on any atom is -0.503 e. The zero-order valence-corrected chi connectivity index (χ0v) is 8.30. The van der Waals surface area contributed by atoms with Crippen molar-refractivity contribution in [3.63, 3.8) is 0 Å². The maximum Gasteiger partial charge on any atom is 0.293 e. The van der Waals surface area contributed by atoms with Crippen LogP contribution >= 0.6 is 0 Å². The monoisotopic (exact) mass is 185 g/mol. The lowest BCUT2D eigenvalue weighted by Crippen LogP contribution is -2.07. The van der Waals surface area contributed by atoms with Crippen LogP contribution < -0.4 is 5.56 Å². The first-order chi connectivity index (χ1) is 6.04. The van der Waals surface area contributed by atoms with E-state index in [2.05, 4.69) is 4.98 Å². The number of aromatic hydroxyl groups is 2. The molecular formula is C9H15NO3. The first kappa shape index (κ1) is 11.6. The summed E-state index contributed by atoms with van der Waals surface area (Å²) in [5.74, 6) is -0.523. The number of rotatable bonds is 0. The predicted molar refractivity (Wildman–Crippen MR) is 51.2 cm³/mol. The van der Waals surface area contributed by atoms with Gasteiger partial charge in [-0.2, -0.15) is 0 Å². The van der Waals surface area contributed by atoms with Crippen LogP contribution in [0.4, 0.5) is 0 Å². The van der Waals surface area contributed by atoms with E-state index in [1.165, 1.54) is 0 Å². The van der Waals surface area contributed by atoms with Crippen molar-refractivity contribution in [3.05, 3.63) is 21.5 Å². The topological polar surface area (TPSA) is 73.3 Å². The fourth-order valence-corrected chi connectivity index (χ4v) is 0.786. The molecule has 0 atom stereocenters. The second-order valence-corrected chi connectivity index (χ2v) is 2.40. The molecule has 74 valence electrons. The van der Waals surface area contributed by atoms with Crippen LogP contribution in [-0.4, -0.2) is 15.2 Å². The van der Waals surface area contributed by atoms with E-state index in [9.17, 15) is 4.79 Å². The Kier molecular flexibility index (Phi) is 4.04. The molecule has 0 saturated carbocycles. The van der Waals surface area contributed by atoms with Gasteiger partial charge in [0.1, 0.15) is 0 Å². The number of aromatic amines is 1. The van der Waals surface area contributed by atoms with E-state index in [1.54, 1.807) is 13.8 Å². The first-order valence-electron chi connectivity index (χ1n) is 4.15. The van der Waals surface area contributed by atoms with Gasteiger partial charge in [-0.05, 0) is 13.8 Å². The van der Waals surface area contributed by atoms with E-state index < -0.39 is 5.56 Å². The van der Waals surface area contributed by atoms with Gasteiger partial charge in [0.25, 0.3) is 5.56 Å². The van der Waals surface area contributed by atoms with Crippen molar-refractivity contribution in [1.82, 2.24) is 4.98 Å². The molecule has 0 spiro atoms. The van der Waals surface area contributed by atoms with E-state index in [-0.39, 0.29) is 11.6 Å². The summed E-state index contributed by atoms with van der Waals surface area (Å²) in [4.78, 5) is 12.8. The highest BCUT2D eigenvalue weighted by Gasteiger charge is 2.07. The fraction of sp³-hybridized carbons (Fsp3) is 0.444. The number of nitrogens with one attached hydrogen (secondary N) is 1. The third-order valence-corrected chi connectivity index (χ3v) is 1.72. The Labute approximate surface area is 76.9 Å². The van der Waals surface area contributed by atoms with Crippen LogP contribution in [0.2, 0.25) is 0 Å². The standard InChI is InChI=1S/C7H9NO3.C2H6/c1-3-4(2)6(10)8-7(11)5(3)9;1-2/h9H,1-2H3,(H2,8,10,11);1-2H3. The first-order valence-corrected chi connectivity index (χ1v) is 4.15. The van der Waals surface area contributed by atoms with Crippen LogP contribution in [0.5, 0.6) is 11.6 Å². The highest BCUT2D eigenvalue weighted by Crippen LogP contribution is 2.20. The number of hydrogen-bond acceptors (Lipinski definition) is 3. The summed E-state index contributed by atoms with van der Waals surface area (Å²) in [6.45, 7) is 7.18. The minimum absolute atomic E-state index is 0.190. The molecular weight excluding hydrogens is 170 g/mol. The third-order valence-electron chi connectivity index (χ3n) is 1.72. The lowest BCUT2D eigenvalue weighted by Gasteiger charge is -2.02. The zero-order chi connectivity index (χ0) is 10.6. The van der Waals surface area contributed by atoms with Crippen LogP contribution in [0.15, 0.2) is 4.79 Å². The number of aromatic nitrogens is 1. The maximum atomic E-state index is 10.7. The Hall–Kier alpha value is -1.45. The van der Waals surface area contributed by atoms with Crippen molar-refractivity contribution in [3.8, 4) is 11.6 Å². The van der Waals surface area contributed by atoms with Crippen LogP contribution in [0.3, 0.4) is 0 Å². The Bertz CT molecular complexity index is 341. The Morgan fingerprint density at radius 3 is 2.00 bits per heavy atom. The SMILES string of the molecule is CC.Cc1c(O)[nH]c(=O)c(O)c1C. The highest BCUT2D eigenvalue weighted by molar-refractivity contribution is 5.40. The molecule has 4 nitrogen and oxygen atoms in total. The van der Waals surface area contributed by atoms with E-state index in [0.717, 1.165) is 0 Å². The molecule has 3 N–H and O–H groups in total. The Morgan fingerprint density at radius 2 is 1.54 bits per heavy atom. The molecule has 0 aliphatic heterocycles. The molecule has 0 aliphatic carbocycles. The van der Waals surface area contributed by atoms with Gasteiger partial charge >= 0.3 is 0 Å². The molecule has 1 heterocycles. The molecule has 0 aromatic carbocycles. The van der Waals surface area contributed by atoms with Crippen molar-refractivity contribution in [2.75, 3.05) is 0 Å². The second kappa shape index (κ2) is 4.54. The van der Waals surface area contributed by atoms with Crippen molar-refractivity contribution >= 4 is 0 Å². The third kappa shape index (κ3) is 2.24. The summed E-state index contributed by atoms with van der Waals surface area (Å²) in [6, 6.07) is 0. The molecule has 0 unspecified atom stereocenters. The van der Waals surface area contributed by atoms with E-state index in [0.29, 0.717) is 11.1 Å². The summed E-state index contributed by atoms with van der Waals surface area (Å²) in [7, 11) is 0. The molecule has 1 aromatic rings. The average Bonchev–Trinajstić information content (AvgIpc) is 2.15. The molecule has 0 saturated heterocycles. The number of hydrogen-bond donors (Lipinski definition) is 3. The van der Waals surface area contributed by atoms with Crippen molar-refractivity contribution in [1.29, 1.82) is 0 Å². The van der Waals surface area contributed by atoms with Gasteiger partial charge in [-0.3, -0.25) is 9.78 Å². The molecule has 13 heavy (non-hydrogen) atoms. The number of pyridine rings is 1. The zero-order valence-electron chi connectivity index (χ0n) is 8.30. The van der Waals surface area contributed by atoms with Gasteiger partial charge in [0.15, 0.2) is 11.6 Å². The fourth-order valence-electron chi connectivity index (χ4n) is 0.786. The van der Waals surface area contributed by atoms with Gasteiger partial charge < -0.3 is 10.2 Å². The van der Waals surface area contributed by atoms with E-state index in [4.69, 9.17) is 10.2 Å². The summed E-state index contributed by atoms with van der Waals surface area (Å²) in [5.41, 5.74) is 0.235. The van der Waals surface area contributed by atoms with Crippen molar-refractivity contribution in [2.45, 2.75) is 27.7 Å². The minimum atomic E-state index is -0.661. The summed E-state index contributed by atoms with van der Waals surface area (Å²) in [6.07, 6.45) is 0. The maximum absolute atomic E-state index is 10.7. The van der Waals surface area contributed by atoms with Gasteiger partial charge in [-0.15, -0.1) is 0 Å². The summed E-state index contributed by atoms with van der Waals surface area (Å²) in [5, 5.41) is 18.1. The van der Waals surface area contributed by atoms with Crippen molar-refractivity contribution in [2.24, 2.45) is 0 Å². The van der Waals surface area contributed by atoms with Gasteiger partial charge in [0, 0.05) is 11.1 Å². The highest BCUT2D eigenvalue weighted by atomic mass is 16.3. The molecule has 0 amide bonds. The smallest absolute Gasteiger partial charge is 0.293 e. The van der Waals surface area contributed by atoms with E-state index >= 15 is 0 Å².